The number of ketones is 2. The van der Waals surface area contributed by atoms with Gasteiger partial charge in [0.25, 0.3) is 0 Å². The van der Waals surface area contributed by atoms with Gasteiger partial charge in [0.15, 0.2) is 11.6 Å². The van der Waals surface area contributed by atoms with E-state index in [9.17, 15) is 14.7 Å². The van der Waals surface area contributed by atoms with Crippen LogP contribution >= 0.6 is 0 Å². The number of rotatable bonds is 2. The van der Waals surface area contributed by atoms with Gasteiger partial charge in [-0.15, -0.1) is 0 Å². The van der Waals surface area contributed by atoms with Crippen LogP contribution in [-0.2, 0) is 23.8 Å². The van der Waals surface area contributed by atoms with Gasteiger partial charge < -0.3 is 19.3 Å². The van der Waals surface area contributed by atoms with E-state index in [1.807, 2.05) is 0 Å². The Balaban J connectivity index is 2.37. The molecule has 2 aliphatic heterocycles. The van der Waals surface area contributed by atoms with Crippen molar-refractivity contribution in [2.75, 3.05) is 0 Å². The first-order valence-corrected chi connectivity index (χ1v) is 5.81. The second kappa shape index (κ2) is 3.39. The van der Waals surface area contributed by atoms with Gasteiger partial charge in [0.2, 0.25) is 17.4 Å². The van der Waals surface area contributed by atoms with E-state index in [1.54, 1.807) is 6.92 Å². The van der Waals surface area contributed by atoms with Gasteiger partial charge in [-0.3, -0.25) is 9.59 Å². The fraction of sp³-hybridized carbons (Fsp3) is 0.833. The number of carbonyl (C=O) groups excluding carboxylic acids is 2. The molecule has 6 heteroatoms. The van der Waals surface area contributed by atoms with Crippen LogP contribution in [0.4, 0.5) is 0 Å². The summed E-state index contributed by atoms with van der Waals surface area (Å²) in [5.41, 5.74) is -1.18. The quantitative estimate of drug-likeness (QED) is 0.777. The molecule has 102 valence electrons. The normalized spacial score (nSPS) is 51.2. The summed E-state index contributed by atoms with van der Waals surface area (Å²) < 4.78 is 16.4. The van der Waals surface area contributed by atoms with Crippen molar-refractivity contribution in [3.8, 4) is 0 Å². The van der Waals surface area contributed by atoms with Gasteiger partial charge in [-0.25, -0.2) is 0 Å². The van der Waals surface area contributed by atoms with Crippen molar-refractivity contribution in [1.82, 2.24) is 0 Å². The van der Waals surface area contributed by atoms with Crippen LogP contribution < -0.4 is 0 Å². The minimum atomic E-state index is -1.81. The minimum Gasteiger partial charge on any atom is -0.361 e. The summed E-state index contributed by atoms with van der Waals surface area (Å²) >= 11 is 0. The zero-order chi connectivity index (χ0) is 14.0. The van der Waals surface area contributed by atoms with Crippen molar-refractivity contribution in [1.29, 1.82) is 0 Å². The molecule has 2 aliphatic rings. The molecule has 0 saturated carbocycles. The molecular formula is C12H18O6. The highest BCUT2D eigenvalue weighted by Gasteiger charge is 2.73. The first kappa shape index (κ1) is 13.6. The maximum atomic E-state index is 11.6. The Hall–Kier alpha value is -0.820. The fourth-order valence-corrected chi connectivity index (χ4v) is 2.45. The van der Waals surface area contributed by atoms with E-state index in [4.69, 9.17) is 14.2 Å². The van der Waals surface area contributed by atoms with Gasteiger partial charge in [0, 0.05) is 13.3 Å². The third-order valence-electron chi connectivity index (χ3n) is 3.84. The second-order valence-electron chi connectivity index (χ2n) is 5.50. The molecule has 4 atom stereocenters. The zero-order valence-corrected chi connectivity index (χ0v) is 11.2. The largest absolute Gasteiger partial charge is 0.361 e. The number of carbonyl (C=O) groups is 2. The van der Waals surface area contributed by atoms with Crippen molar-refractivity contribution in [2.24, 2.45) is 0 Å². The lowest BCUT2D eigenvalue weighted by atomic mass is 9.94. The molecule has 0 radical (unpaired) electrons. The Morgan fingerprint density at radius 1 is 1.00 bits per heavy atom. The number of ether oxygens (including phenoxy) is 3. The lowest BCUT2D eigenvalue weighted by molar-refractivity contribution is -0.271. The molecule has 0 aliphatic carbocycles. The molecule has 0 aromatic heterocycles. The van der Waals surface area contributed by atoms with E-state index < -0.39 is 23.0 Å². The average Bonchev–Trinajstić information content (AvgIpc) is 2.43. The van der Waals surface area contributed by atoms with Crippen LogP contribution in [0.5, 0.6) is 0 Å². The lowest BCUT2D eigenvalue weighted by Gasteiger charge is -2.29. The first-order chi connectivity index (χ1) is 7.97. The standard InChI is InChI=1S/C12H18O6/c1-7(13)9(3)6-12(15)11(5,16-9)17-10(4,18-12)8(2)14/h15H,6H2,1-5H3. The Bertz CT molecular complexity index is 374. The molecule has 0 aromatic rings. The van der Waals surface area contributed by atoms with E-state index >= 15 is 0 Å². The Labute approximate surface area is 105 Å². The maximum Gasteiger partial charge on any atom is 0.231 e. The summed E-state index contributed by atoms with van der Waals surface area (Å²) in [6.45, 7) is 7.13. The molecule has 2 saturated heterocycles. The highest BCUT2D eigenvalue weighted by Crippen LogP contribution is 2.55. The third kappa shape index (κ3) is 1.56. The van der Waals surface area contributed by atoms with Gasteiger partial charge in [0.05, 0.1) is 0 Å². The van der Waals surface area contributed by atoms with Crippen LogP contribution in [0.1, 0.15) is 41.0 Å². The van der Waals surface area contributed by atoms with Crippen LogP contribution in [0.15, 0.2) is 0 Å². The maximum absolute atomic E-state index is 11.6. The van der Waals surface area contributed by atoms with Crippen LogP contribution in [-0.4, -0.2) is 39.6 Å². The molecule has 1 N–H and O–H groups in total. The van der Waals surface area contributed by atoms with Crippen LogP contribution in [0.25, 0.3) is 0 Å². The van der Waals surface area contributed by atoms with Gasteiger partial charge in [-0.2, -0.15) is 0 Å². The van der Waals surface area contributed by atoms with E-state index in [0.717, 1.165) is 0 Å². The summed E-state index contributed by atoms with van der Waals surface area (Å²) in [5, 5.41) is 10.5. The predicted molar refractivity (Wildman–Crippen MR) is 59.4 cm³/mol. The number of aliphatic hydroxyl groups is 1. The van der Waals surface area contributed by atoms with Crippen LogP contribution in [0, 0.1) is 0 Å². The highest BCUT2D eigenvalue weighted by molar-refractivity contribution is 5.86. The van der Waals surface area contributed by atoms with Crippen molar-refractivity contribution in [3.63, 3.8) is 0 Å². The first-order valence-electron chi connectivity index (χ1n) is 5.81. The zero-order valence-electron chi connectivity index (χ0n) is 11.2. The molecular weight excluding hydrogens is 240 g/mol. The van der Waals surface area contributed by atoms with Crippen LogP contribution in [0.3, 0.4) is 0 Å². The molecule has 6 nitrogen and oxygen atoms in total. The fourth-order valence-electron chi connectivity index (χ4n) is 2.45. The van der Waals surface area contributed by atoms with Crippen molar-refractivity contribution < 1.29 is 28.9 Å². The summed E-state index contributed by atoms with van der Waals surface area (Å²) in [4.78, 5) is 23.1. The summed E-state index contributed by atoms with van der Waals surface area (Å²) in [6, 6.07) is 0. The molecule has 0 amide bonds. The number of fused-ring (bicyclic) bond motifs is 1. The highest BCUT2D eigenvalue weighted by atomic mass is 16.9. The topological polar surface area (TPSA) is 82.1 Å². The lowest BCUT2D eigenvalue weighted by Crippen LogP contribution is -2.45. The predicted octanol–water partition coefficient (Wildman–Crippen LogP) is 0.511. The Morgan fingerprint density at radius 2 is 1.56 bits per heavy atom. The molecule has 2 rings (SSSR count). The molecule has 0 aromatic carbocycles. The van der Waals surface area contributed by atoms with Crippen molar-refractivity contribution in [2.45, 2.75) is 64.0 Å². The number of Topliss-reactive ketones (excluding diaryl/α,β-unsaturated/α-hetero) is 2. The van der Waals surface area contributed by atoms with E-state index in [-0.39, 0.29) is 18.0 Å². The smallest absolute Gasteiger partial charge is 0.231 e. The minimum absolute atomic E-state index is 0.0747. The van der Waals surface area contributed by atoms with Gasteiger partial charge in [-0.05, 0) is 27.7 Å². The SMILES string of the molecule is CC(=O)C1(C)CC2(O)OC(C)(C(C)=O)OC2(C)O1. The molecule has 2 fully saturated rings. The Kier molecular flexibility index (Phi) is 2.56. The molecule has 0 bridgehead atoms. The summed E-state index contributed by atoms with van der Waals surface area (Å²) in [5.74, 6) is -5.51. The second-order valence-corrected chi connectivity index (χ2v) is 5.50. The van der Waals surface area contributed by atoms with Gasteiger partial charge in [-0.1, -0.05) is 0 Å². The average molecular weight is 258 g/mol. The monoisotopic (exact) mass is 258 g/mol. The van der Waals surface area contributed by atoms with E-state index in [1.165, 1.54) is 27.7 Å². The summed E-state index contributed by atoms with van der Waals surface area (Å²) in [6.07, 6.45) is -0.0747. The Morgan fingerprint density at radius 3 is 1.94 bits per heavy atom. The van der Waals surface area contributed by atoms with Crippen molar-refractivity contribution >= 4 is 11.6 Å². The summed E-state index contributed by atoms with van der Waals surface area (Å²) in [7, 11) is 0. The van der Waals surface area contributed by atoms with Crippen LogP contribution in [0.2, 0.25) is 0 Å². The van der Waals surface area contributed by atoms with Gasteiger partial charge in [0.1, 0.15) is 5.60 Å². The molecule has 2 heterocycles. The molecule has 4 unspecified atom stereocenters. The number of hydrogen-bond donors (Lipinski definition) is 1. The van der Waals surface area contributed by atoms with Gasteiger partial charge >= 0.3 is 0 Å². The van der Waals surface area contributed by atoms with Crippen molar-refractivity contribution in [3.05, 3.63) is 0 Å². The van der Waals surface area contributed by atoms with E-state index in [2.05, 4.69) is 0 Å². The number of hydrogen-bond acceptors (Lipinski definition) is 6. The molecule has 0 spiro atoms. The van der Waals surface area contributed by atoms with E-state index in [0.29, 0.717) is 0 Å². The third-order valence-corrected chi connectivity index (χ3v) is 3.84. The molecule has 18 heavy (non-hydrogen) atoms.